The number of amides is 1. The first kappa shape index (κ1) is 21.2. The van der Waals surface area contributed by atoms with Crippen LogP contribution >= 0.6 is 35.1 Å². The van der Waals surface area contributed by atoms with E-state index in [1.54, 1.807) is 29.5 Å². The largest absolute Gasteiger partial charge is 0.383 e. The molecule has 0 spiro atoms. The predicted octanol–water partition coefficient (Wildman–Crippen LogP) is 3.62. The SMILES string of the molecule is COCCn1c(SCC(=O)Nc2ccc(C)c(Cl)c2)nc2c(c1=O)S[C@H](C)C2. The molecule has 1 aromatic carbocycles. The lowest BCUT2D eigenvalue weighted by atomic mass is 10.2. The lowest BCUT2D eigenvalue weighted by Gasteiger charge is -2.13. The van der Waals surface area contributed by atoms with E-state index in [0.717, 1.165) is 17.7 Å². The maximum Gasteiger partial charge on any atom is 0.268 e. The van der Waals surface area contributed by atoms with Gasteiger partial charge in [0.15, 0.2) is 5.16 Å². The van der Waals surface area contributed by atoms with E-state index < -0.39 is 0 Å². The van der Waals surface area contributed by atoms with Gasteiger partial charge >= 0.3 is 0 Å². The molecule has 0 fully saturated rings. The first-order valence-electron chi connectivity index (χ1n) is 8.87. The van der Waals surface area contributed by atoms with Crippen LogP contribution in [0.25, 0.3) is 0 Å². The number of halogens is 1. The molecule has 1 N–H and O–H groups in total. The lowest BCUT2D eigenvalue weighted by molar-refractivity contribution is -0.113. The normalized spacial score (nSPS) is 15.5. The fourth-order valence-corrected chi connectivity index (χ4v) is 4.96. The minimum absolute atomic E-state index is 0.0513. The first-order valence-corrected chi connectivity index (χ1v) is 11.1. The zero-order valence-electron chi connectivity index (χ0n) is 16.0. The molecule has 6 nitrogen and oxygen atoms in total. The molecule has 1 aromatic heterocycles. The number of anilines is 1. The summed E-state index contributed by atoms with van der Waals surface area (Å²) in [5.74, 6) is -0.0347. The highest BCUT2D eigenvalue weighted by Crippen LogP contribution is 2.34. The Morgan fingerprint density at radius 1 is 1.50 bits per heavy atom. The van der Waals surface area contributed by atoms with Crippen molar-refractivity contribution in [3.8, 4) is 0 Å². The molecule has 2 aromatic rings. The van der Waals surface area contributed by atoms with Crippen LogP contribution in [0.5, 0.6) is 0 Å². The van der Waals surface area contributed by atoms with Gasteiger partial charge in [-0.2, -0.15) is 0 Å². The Kier molecular flexibility index (Phi) is 7.09. The summed E-state index contributed by atoms with van der Waals surface area (Å²) in [6, 6.07) is 5.39. The third-order valence-electron chi connectivity index (χ3n) is 4.27. The van der Waals surface area contributed by atoms with Gasteiger partial charge < -0.3 is 10.1 Å². The molecule has 0 unspecified atom stereocenters. The molecule has 0 saturated heterocycles. The number of rotatable bonds is 7. The number of aromatic nitrogens is 2. The Labute approximate surface area is 177 Å². The number of carbonyl (C=O) groups is 1. The number of carbonyl (C=O) groups excluding carboxylic acids is 1. The highest BCUT2D eigenvalue weighted by Gasteiger charge is 2.26. The highest BCUT2D eigenvalue weighted by atomic mass is 35.5. The molecular formula is C19H22ClN3O3S2. The summed E-state index contributed by atoms with van der Waals surface area (Å²) in [5, 5.41) is 4.31. The van der Waals surface area contributed by atoms with Gasteiger partial charge in [0, 0.05) is 29.5 Å². The number of benzene rings is 1. The van der Waals surface area contributed by atoms with Crippen LogP contribution in [0.3, 0.4) is 0 Å². The van der Waals surface area contributed by atoms with E-state index in [1.165, 1.54) is 11.8 Å². The number of fused-ring (bicyclic) bond motifs is 1. The zero-order valence-corrected chi connectivity index (χ0v) is 18.3. The van der Waals surface area contributed by atoms with Gasteiger partial charge in [0.05, 0.1) is 29.5 Å². The van der Waals surface area contributed by atoms with Crippen LogP contribution in [0.4, 0.5) is 5.69 Å². The molecule has 0 saturated carbocycles. The topological polar surface area (TPSA) is 73.2 Å². The second kappa shape index (κ2) is 9.35. The molecule has 150 valence electrons. The summed E-state index contributed by atoms with van der Waals surface area (Å²) in [6.45, 7) is 4.80. The average molecular weight is 440 g/mol. The molecule has 2 heterocycles. The Morgan fingerprint density at radius 2 is 2.29 bits per heavy atom. The van der Waals surface area contributed by atoms with Crippen molar-refractivity contribution >= 4 is 46.7 Å². The smallest absolute Gasteiger partial charge is 0.268 e. The first-order chi connectivity index (χ1) is 13.4. The van der Waals surface area contributed by atoms with E-state index in [-0.39, 0.29) is 17.2 Å². The van der Waals surface area contributed by atoms with Crippen LogP contribution in [0.1, 0.15) is 18.2 Å². The van der Waals surface area contributed by atoms with Crippen molar-refractivity contribution in [3.63, 3.8) is 0 Å². The van der Waals surface area contributed by atoms with Crippen LogP contribution in [-0.4, -0.2) is 40.2 Å². The monoisotopic (exact) mass is 439 g/mol. The molecule has 28 heavy (non-hydrogen) atoms. The number of thioether (sulfide) groups is 2. The third-order valence-corrected chi connectivity index (χ3v) is 6.87. The van der Waals surface area contributed by atoms with E-state index in [0.29, 0.717) is 39.2 Å². The second-order valence-electron chi connectivity index (χ2n) is 6.55. The van der Waals surface area contributed by atoms with Gasteiger partial charge in [-0.05, 0) is 24.6 Å². The molecule has 1 aliphatic heterocycles. The molecule has 1 atom stereocenters. The lowest BCUT2D eigenvalue weighted by Crippen LogP contribution is -2.27. The number of hydrogen-bond acceptors (Lipinski definition) is 6. The molecular weight excluding hydrogens is 418 g/mol. The number of methoxy groups -OCH3 is 1. The van der Waals surface area contributed by atoms with Crippen molar-refractivity contribution in [1.29, 1.82) is 0 Å². The van der Waals surface area contributed by atoms with Gasteiger partial charge in [0.1, 0.15) is 0 Å². The molecule has 9 heteroatoms. The van der Waals surface area contributed by atoms with Gasteiger partial charge in [-0.3, -0.25) is 14.2 Å². The molecule has 1 aliphatic rings. The van der Waals surface area contributed by atoms with Crippen molar-refractivity contribution in [1.82, 2.24) is 9.55 Å². The van der Waals surface area contributed by atoms with E-state index >= 15 is 0 Å². The van der Waals surface area contributed by atoms with Crippen molar-refractivity contribution < 1.29 is 9.53 Å². The minimum Gasteiger partial charge on any atom is -0.383 e. The number of aryl methyl sites for hydroxylation is 1. The van der Waals surface area contributed by atoms with E-state index in [9.17, 15) is 9.59 Å². The fourth-order valence-electron chi connectivity index (χ4n) is 2.82. The maximum absolute atomic E-state index is 12.9. The quantitative estimate of drug-likeness (QED) is 0.524. The van der Waals surface area contributed by atoms with Gasteiger partial charge in [0.25, 0.3) is 5.56 Å². The van der Waals surface area contributed by atoms with Crippen molar-refractivity contribution in [2.75, 3.05) is 24.8 Å². The van der Waals surface area contributed by atoms with Gasteiger partial charge in [0.2, 0.25) is 5.91 Å². The average Bonchev–Trinajstić information content (AvgIpc) is 3.03. The van der Waals surface area contributed by atoms with Crippen LogP contribution in [0, 0.1) is 6.92 Å². The van der Waals surface area contributed by atoms with Crippen molar-refractivity contribution in [2.45, 2.75) is 42.1 Å². The van der Waals surface area contributed by atoms with Crippen LogP contribution in [0.15, 0.2) is 33.0 Å². The molecule has 1 amide bonds. The Morgan fingerprint density at radius 3 is 3.00 bits per heavy atom. The van der Waals surface area contributed by atoms with Gasteiger partial charge in [-0.25, -0.2) is 4.98 Å². The summed E-state index contributed by atoms with van der Waals surface area (Å²) < 4.78 is 6.73. The van der Waals surface area contributed by atoms with Crippen LogP contribution in [-0.2, 0) is 22.5 Å². The summed E-state index contributed by atoms with van der Waals surface area (Å²) in [4.78, 5) is 30.6. The Balaban J connectivity index is 1.74. The summed E-state index contributed by atoms with van der Waals surface area (Å²) in [7, 11) is 1.59. The Bertz CT molecular complexity index is 949. The van der Waals surface area contributed by atoms with Gasteiger partial charge in [-0.1, -0.05) is 36.4 Å². The standard InChI is InChI=1S/C19H22ClN3O3S2/c1-11-4-5-13(9-14(11)20)21-16(24)10-27-19-22-15-8-12(2)28-17(15)18(25)23(19)6-7-26-3/h4-5,9,12H,6-8,10H2,1-3H3,(H,21,24)/t12-/m1/s1. The van der Waals surface area contributed by atoms with Crippen molar-refractivity contribution in [3.05, 3.63) is 44.8 Å². The number of nitrogens with zero attached hydrogens (tertiary/aromatic N) is 2. The number of hydrogen-bond donors (Lipinski definition) is 1. The molecule has 0 aliphatic carbocycles. The van der Waals surface area contributed by atoms with E-state index in [4.69, 9.17) is 16.3 Å². The maximum atomic E-state index is 12.9. The molecule has 0 bridgehead atoms. The Hall–Kier alpha value is -1.48. The van der Waals surface area contributed by atoms with Crippen LogP contribution < -0.4 is 10.9 Å². The minimum atomic E-state index is -0.180. The fraction of sp³-hybridized carbons (Fsp3) is 0.421. The number of ether oxygens (including phenoxy) is 1. The highest BCUT2D eigenvalue weighted by molar-refractivity contribution is 8.00. The predicted molar refractivity (Wildman–Crippen MR) is 115 cm³/mol. The molecule has 3 rings (SSSR count). The van der Waals surface area contributed by atoms with E-state index in [2.05, 4.69) is 17.2 Å². The molecule has 0 radical (unpaired) electrons. The third kappa shape index (κ3) is 4.92. The van der Waals surface area contributed by atoms with Crippen molar-refractivity contribution in [2.24, 2.45) is 0 Å². The number of nitrogens with one attached hydrogen (secondary N) is 1. The van der Waals surface area contributed by atoms with Gasteiger partial charge in [-0.15, -0.1) is 11.8 Å². The van der Waals surface area contributed by atoms with E-state index in [1.807, 2.05) is 19.1 Å². The summed E-state index contributed by atoms with van der Waals surface area (Å²) in [5.41, 5.74) is 2.37. The second-order valence-corrected chi connectivity index (χ2v) is 9.35. The zero-order chi connectivity index (χ0) is 20.3. The summed E-state index contributed by atoms with van der Waals surface area (Å²) in [6.07, 6.45) is 0.766. The summed E-state index contributed by atoms with van der Waals surface area (Å²) >= 11 is 8.92. The van der Waals surface area contributed by atoms with Crippen LogP contribution in [0.2, 0.25) is 5.02 Å².